The van der Waals surface area contributed by atoms with E-state index in [2.05, 4.69) is 10.6 Å². The van der Waals surface area contributed by atoms with E-state index in [1.165, 1.54) is 6.07 Å². The van der Waals surface area contributed by atoms with Crippen molar-refractivity contribution in [3.63, 3.8) is 0 Å². The summed E-state index contributed by atoms with van der Waals surface area (Å²) in [4.78, 5) is 23.7. The molecule has 0 aliphatic rings. The summed E-state index contributed by atoms with van der Waals surface area (Å²) >= 11 is 0. The third-order valence-electron chi connectivity index (χ3n) is 3.85. The Morgan fingerprint density at radius 2 is 1.59 bits per heavy atom. The van der Waals surface area contributed by atoms with Crippen LogP contribution < -0.4 is 10.6 Å². The summed E-state index contributed by atoms with van der Waals surface area (Å²) in [5.74, 6) is -4.31. The maximum absolute atomic E-state index is 13.7. The van der Waals surface area contributed by atoms with E-state index >= 15 is 0 Å². The van der Waals surface area contributed by atoms with E-state index < -0.39 is 35.2 Å². The Bertz CT molecular complexity index is 842. The fraction of sp³-hybridized carbons (Fsp3) is 0.263. The van der Waals surface area contributed by atoms with Crippen LogP contribution in [0.3, 0.4) is 0 Å². The van der Waals surface area contributed by atoms with E-state index in [9.17, 15) is 27.2 Å². The molecule has 2 amide bonds. The lowest BCUT2D eigenvalue weighted by atomic mass is 10.1. The molecule has 2 rings (SSSR count). The minimum Gasteiger partial charge on any atom is -0.352 e. The average molecular weight is 382 g/mol. The second kappa shape index (κ2) is 9.16. The Labute approximate surface area is 153 Å². The van der Waals surface area contributed by atoms with Gasteiger partial charge in [-0.25, -0.2) is 17.6 Å². The first kappa shape index (κ1) is 20.4. The molecule has 0 saturated carbocycles. The van der Waals surface area contributed by atoms with Crippen LogP contribution in [-0.2, 0) is 4.79 Å². The Balaban J connectivity index is 1.76. The normalized spacial score (nSPS) is 11.7. The van der Waals surface area contributed by atoms with Crippen molar-refractivity contribution in [1.29, 1.82) is 0 Å². The zero-order valence-electron chi connectivity index (χ0n) is 14.5. The van der Waals surface area contributed by atoms with Crippen molar-refractivity contribution in [3.8, 4) is 0 Å². The topological polar surface area (TPSA) is 58.2 Å². The zero-order valence-corrected chi connectivity index (χ0v) is 14.5. The molecule has 1 atom stereocenters. The number of hydrogen-bond acceptors (Lipinski definition) is 2. The van der Waals surface area contributed by atoms with Gasteiger partial charge in [0.05, 0.1) is 11.6 Å². The van der Waals surface area contributed by atoms with Gasteiger partial charge in [-0.15, -0.1) is 0 Å². The summed E-state index contributed by atoms with van der Waals surface area (Å²) in [5, 5.41) is 5.01. The number of benzene rings is 2. The maximum Gasteiger partial charge on any atom is 0.254 e. The number of carbonyl (C=O) groups is 2. The van der Waals surface area contributed by atoms with E-state index in [1.54, 1.807) is 6.92 Å². The number of halogens is 4. The summed E-state index contributed by atoms with van der Waals surface area (Å²) < 4.78 is 52.9. The van der Waals surface area contributed by atoms with Crippen LogP contribution in [0.25, 0.3) is 0 Å². The van der Waals surface area contributed by atoms with Gasteiger partial charge >= 0.3 is 0 Å². The van der Waals surface area contributed by atoms with E-state index in [1.807, 2.05) is 0 Å². The van der Waals surface area contributed by atoms with Crippen molar-refractivity contribution >= 4 is 11.8 Å². The number of nitrogens with one attached hydrogen (secondary N) is 2. The van der Waals surface area contributed by atoms with Gasteiger partial charge in [-0.3, -0.25) is 9.59 Å². The molecule has 0 aliphatic heterocycles. The Morgan fingerprint density at radius 3 is 2.22 bits per heavy atom. The first-order valence-electron chi connectivity index (χ1n) is 8.25. The molecule has 2 aromatic rings. The molecular weight excluding hydrogens is 364 g/mol. The summed E-state index contributed by atoms with van der Waals surface area (Å²) in [6.45, 7) is 1.66. The van der Waals surface area contributed by atoms with Crippen LogP contribution in [0.2, 0.25) is 0 Å². The van der Waals surface area contributed by atoms with Gasteiger partial charge in [-0.1, -0.05) is 6.07 Å². The Kier molecular flexibility index (Phi) is 6.92. The summed E-state index contributed by atoms with van der Waals surface area (Å²) in [6.07, 6.45) is 0.304. The molecule has 0 aromatic heterocycles. The molecule has 8 heteroatoms. The van der Waals surface area contributed by atoms with Crippen molar-refractivity contribution in [2.45, 2.75) is 25.8 Å². The lowest BCUT2D eigenvalue weighted by molar-refractivity contribution is -0.121. The molecule has 27 heavy (non-hydrogen) atoms. The largest absolute Gasteiger partial charge is 0.352 e. The van der Waals surface area contributed by atoms with Gasteiger partial charge in [0.2, 0.25) is 5.91 Å². The highest BCUT2D eigenvalue weighted by atomic mass is 19.1. The fourth-order valence-electron chi connectivity index (χ4n) is 2.46. The molecule has 144 valence electrons. The average Bonchev–Trinajstić information content (AvgIpc) is 2.58. The first-order valence-corrected chi connectivity index (χ1v) is 8.25. The van der Waals surface area contributed by atoms with Crippen LogP contribution in [0, 0.1) is 23.3 Å². The van der Waals surface area contributed by atoms with Crippen LogP contribution in [0.15, 0.2) is 36.4 Å². The SMILES string of the molecule is CC(NC(=O)CCCNC(=O)c1ccc(F)cc1F)c1ccc(F)cc1F. The summed E-state index contributed by atoms with van der Waals surface area (Å²) in [6, 6.07) is 5.06. The van der Waals surface area contributed by atoms with Crippen molar-refractivity contribution < 1.29 is 27.2 Å². The van der Waals surface area contributed by atoms with Crippen molar-refractivity contribution in [2.24, 2.45) is 0 Å². The van der Waals surface area contributed by atoms with Gasteiger partial charge in [0, 0.05) is 30.7 Å². The van der Waals surface area contributed by atoms with Crippen LogP contribution in [-0.4, -0.2) is 18.4 Å². The number of carbonyl (C=O) groups excluding carboxylic acids is 2. The molecule has 0 aliphatic carbocycles. The molecular formula is C19H18F4N2O2. The first-order chi connectivity index (χ1) is 12.8. The Hall–Kier alpha value is -2.90. The summed E-state index contributed by atoms with van der Waals surface area (Å²) in [5.41, 5.74) is -0.133. The fourth-order valence-corrected chi connectivity index (χ4v) is 2.46. The monoisotopic (exact) mass is 382 g/mol. The molecule has 0 radical (unpaired) electrons. The molecule has 2 N–H and O–H groups in total. The number of rotatable bonds is 7. The highest BCUT2D eigenvalue weighted by Gasteiger charge is 2.15. The van der Waals surface area contributed by atoms with Crippen LogP contribution >= 0.6 is 0 Å². The third kappa shape index (κ3) is 5.80. The van der Waals surface area contributed by atoms with E-state index in [4.69, 9.17) is 0 Å². The van der Waals surface area contributed by atoms with Gasteiger partial charge in [-0.05, 0) is 31.5 Å². The minimum absolute atomic E-state index is 0.0410. The lowest BCUT2D eigenvalue weighted by Crippen LogP contribution is -2.29. The highest BCUT2D eigenvalue weighted by molar-refractivity contribution is 5.94. The van der Waals surface area contributed by atoms with Gasteiger partial charge in [0.25, 0.3) is 5.91 Å². The predicted octanol–water partition coefficient (Wildman–Crippen LogP) is 3.63. The molecule has 0 fully saturated rings. The maximum atomic E-state index is 13.7. The van der Waals surface area contributed by atoms with Gasteiger partial charge in [0.15, 0.2) is 0 Å². The van der Waals surface area contributed by atoms with Crippen LogP contribution in [0.5, 0.6) is 0 Å². The standard InChI is InChI=1S/C19H18F4N2O2/c1-11(14-6-4-12(20)9-16(14)22)25-18(26)3-2-8-24-19(27)15-7-5-13(21)10-17(15)23/h4-7,9-11H,2-3,8H2,1H3,(H,24,27)(H,25,26). The second-order valence-corrected chi connectivity index (χ2v) is 5.94. The number of amides is 2. The molecule has 0 bridgehead atoms. The van der Waals surface area contributed by atoms with E-state index in [0.717, 1.165) is 24.3 Å². The zero-order chi connectivity index (χ0) is 20.0. The van der Waals surface area contributed by atoms with Gasteiger partial charge < -0.3 is 10.6 Å². The van der Waals surface area contributed by atoms with Crippen LogP contribution in [0.4, 0.5) is 17.6 Å². The molecule has 2 aromatic carbocycles. The molecule has 0 heterocycles. The van der Waals surface area contributed by atoms with Crippen molar-refractivity contribution in [2.75, 3.05) is 6.54 Å². The molecule has 4 nitrogen and oxygen atoms in total. The smallest absolute Gasteiger partial charge is 0.254 e. The Morgan fingerprint density at radius 1 is 0.963 bits per heavy atom. The number of hydrogen-bond donors (Lipinski definition) is 2. The van der Waals surface area contributed by atoms with Gasteiger partial charge in [0.1, 0.15) is 23.3 Å². The van der Waals surface area contributed by atoms with Crippen LogP contribution in [0.1, 0.15) is 41.7 Å². The highest BCUT2D eigenvalue weighted by Crippen LogP contribution is 2.17. The van der Waals surface area contributed by atoms with Crippen molar-refractivity contribution in [3.05, 3.63) is 70.8 Å². The lowest BCUT2D eigenvalue weighted by Gasteiger charge is -2.15. The second-order valence-electron chi connectivity index (χ2n) is 5.94. The summed E-state index contributed by atoms with van der Waals surface area (Å²) in [7, 11) is 0. The molecule has 0 saturated heterocycles. The van der Waals surface area contributed by atoms with Gasteiger partial charge in [-0.2, -0.15) is 0 Å². The van der Waals surface area contributed by atoms with E-state index in [0.29, 0.717) is 6.07 Å². The quantitative estimate of drug-likeness (QED) is 0.568. The van der Waals surface area contributed by atoms with Crippen molar-refractivity contribution in [1.82, 2.24) is 10.6 Å². The molecule has 0 spiro atoms. The van der Waals surface area contributed by atoms with E-state index in [-0.39, 0.29) is 36.4 Å². The molecule has 1 unspecified atom stereocenters. The minimum atomic E-state index is -0.972. The predicted molar refractivity (Wildman–Crippen MR) is 90.8 cm³/mol. The third-order valence-corrected chi connectivity index (χ3v) is 3.85.